The highest BCUT2D eigenvalue weighted by atomic mass is 14.3. The molecule has 1 aliphatic rings. The zero-order valence-electron chi connectivity index (χ0n) is 14.4. The molecule has 23 heavy (non-hydrogen) atoms. The van der Waals surface area contributed by atoms with Crippen LogP contribution in [0, 0.1) is 5.92 Å². The molecule has 1 aliphatic carbocycles. The number of hydrogen-bond acceptors (Lipinski definition) is 0. The molecule has 118 valence electrons. The third-order valence-electron chi connectivity index (χ3n) is 4.92. The van der Waals surface area contributed by atoms with Crippen LogP contribution in [0.4, 0.5) is 0 Å². The average molecular weight is 302 g/mol. The lowest BCUT2D eigenvalue weighted by atomic mass is 9.74. The summed E-state index contributed by atoms with van der Waals surface area (Å²) >= 11 is 0. The molecule has 3 rings (SSSR count). The summed E-state index contributed by atoms with van der Waals surface area (Å²) in [5.74, 6) is 1.28. The molecule has 0 bridgehead atoms. The maximum absolute atomic E-state index is 2.38. The molecule has 0 spiro atoms. The Morgan fingerprint density at radius 1 is 1.09 bits per heavy atom. The summed E-state index contributed by atoms with van der Waals surface area (Å²) < 4.78 is 0. The lowest BCUT2D eigenvalue weighted by molar-refractivity contribution is 0.464. The summed E-state index contributed by atoms with van der Waals surface area (Å²) in [5.41, 5.74) is 7.16. The molecule has 0 radical (unpaired) electrons. The van der Waals surface area contributed by atoms with Crippen LogP contribution >= 0.6 is 0 Å². The smallest absolute Gasteiger partial charge is 0.00949 e. The number of benzene rings is 2. The van der Waals surface area contributed by atoms with Crippen LogP contribution in [0.15, 0.2) is 66.8 Å². The van der Waals surface area contributed by atoms with Gasteiger partial charge in [0.05, 0.1) is 0 Å². The number of hydrogen-bond donors (Lipinski definition) is 0. The van der Waals surface area contributed by atoms with Gasteiger partial charge in [-0.15, -0.1) is 0 Å². The first-order valence-corrected chi connectivity index (χ1v) is 8.66. The summed E-state index contributed by atoms with van der Waals surface area (Å²) in [6.45, 7) is 6.63. The van der Waals surface area contributed by atoms with Crippen LogP contribution in [0.25, 0.3) is 5.57 Å². The Labute approximate surface area is 140 Å². The molecule has 0 saturated heterocycles. The Balaban J connectivity index is 1.99. The van der Waals surface area contributed by atoms with Gasteiger partial charge < -0.3 is 0 Å². The summed E-state index contributed by atoms with van der Waals surface area (Å²) in [6, 6.07) is 18.1. The molecule has 0 saturated carbocycles. The first-order chi connectivity index (χ1) is 11.2. The summed E-state index contributed by atoms with van der Waals surface area (Å²) in [7, 11) is 0. The van der Waals surface area contributed by atoms with Gasteiger partial charge in [0.15, 0.2) is 0 Å². The monoisotopic (exact) mass is 302 g/mol. The van der Waals surface area contributed by atoms with Crippen molar-refractivity contribution in [1.29, 1.82) is 0 Å². The minimum absolute atomic E-state index is 0.532. The zero-order valence-corrected chi connectivity index (χ0v) is 14.4. The molecule has 0 unspecified atom stereocenters. The highest BCUT2D eigenvalue weighted by Crippen LogP contribution is 2.39. The first kappa shape index (κ1) is 15.8. The molecule has 0 heteroatoms. The molecule has 0 N–H and O–H groups in total. The molecule has 0 aromatic heterocycles. The van der Waals surface area contributed by atoms with Crippen LogP contribution in [-0.4, -0.2) is 0 Å². The number of allylic oxidation sites excluding steroid dienone is 4. The predicted molar refractivity (Wildman–Crippen MR) is 101 cm³/mol. The number of fused-ring (bicyclic) bond motifs is 1. The van der Waals surface area contributed by atoms with Crippen LogP contribution in [0.5, 0.6) is 0 Å². The van der Waals surface area contributed by atoms with Gasteiger partial charge in [-0.2, -0.15) is 0 Å². The first-order valence-electron chi connectivity index (χ1n) is 8.66. The molecule has 0 fully saturated rings. The van der Waals surface area contributed by atoms with E-state index in [9.17, 15) is 0 Å². The molecule has 2 atom stereocenters. The third kappa shape index (κ3) is 3.47. The lowest BCUT2D eigenvalue weighted by Gasteiger charge is -2.30. The van der Waals surface area contributed by atoms with E-state index in [2.05, 4.69) is 87.5 Å². The van der Waals surface area contributed by atoms with Crippen molar-refractivity contribution in [3.05, 3.63) is 89.0 Å². The Bertz CT molecular complexity index is 733. The molecule has 2 aromatic carbocycles. The second-order valence-electron chi connectivity index (χ2n) is 6.80. The van der Waals surface area contributed by atoms with E-state index in [0.717, 1.165) is 5.92 Å². The maximum atomic E-state index is 2.38. The van der Waals surface area contributed by atoms with E-state index < -0.39 is 0 Å². The van der Waals surface area contributed by atoms with Crippen molar-refractivity contribution in [2.24, 2.45) is 5.92 Å². The van der Waals surface area contributed by atoms with Crippen LogP contribution in [-0.2, 0) is 6.42 Å². The highest BCUT2D eigenvalue weighted by molar-refractivity contribution is 5.66. The van der Waals surface area contributed by atoms with Crippen LogP contribution in [0.1, 0.15) is 55.4 Å². The minimum Gasteiger partial charge on any atom is -0.0877 e. The van der Waals surface area contributed by atoms with E-state index in [1.165, 1.54) is 40.7 Å². The molecule has 2 aromatic rings. The topological polar surface area (TPSA) is 0 Å². The van der Waals surface area contributed by atoms with Gasteiger partial charge in [-0.3, -0.25) is 0 Å². The van der Waals surface area contributed by atoms with Crippen LogP contribution < -0.4 is 0 Å². The normalized spacial score (nSPS) is 21.4. The number of rotatable bonds is 3. The largest absolute Gasteiger partial charge is 0.0877 e. The van der Waals surface area contributed by atoms with Gasteiger partial charge in [0.2, 0.25) is 0 Å². The highest BCUT2D eigenvalue weighted by Gasteiger charge is 2.25. The van der Waals surface area contributed by atoms with Crippen molar-refractivity contribution >= 4 is 5.57 Å². The van der Waals surface area contributed by atoms with Crippen molar-refractivity contribution in [2.75, 3.05) is 0 Å². The van der Waals surface area contributed by atoms with E-state index in [1.54, 1.807) is 0 Å². The fraction of sp³-hybridized carbons (Fsp3) is 0.304. The standard InChI is InChI=1S/C23H26/c1-4-5-9-18(3)19-11-8-12-21(16-19)23-15-17(2)14-20-10-6-7-13-22(20)23/h4-13,16-17,23H,14-15H2,1-3H3/b5-4-,18-9+/t17-,23-/m1/s1. The van der Waals surface area contributed by atoms with E-state index >= 15 is 0 Å². The van der Waals surface area contributed by atoms with Gasteiger partial charge in [-0.1, -0.05) is 73.7 Å². The Hall–Kier alpha value is -2.08. The predicted octanol–water partition coefficient (Wildman–Crippen LogP) is 6.38. The molecule has 0 aliphatic heterocycles. The maximum Gasteiger partial charge on any atom is 0.00949 e. The van der Waals surface area contributed by atoms with Crippen molar-refractivity contribution in [1.82, 2.24) is 0 Å². The second kappa shape index (κ2) is 7.00. The lowest BCUT2D eigenvalue weighted by Crippen LogP contribution is -2.17. The van der Waals surface area contributed by atoms with Crippen molar-refractivity contribution < 1.29 is 0 Å². The summed E-state index contributed by atoms with van der Waals surface area (Å²) in [6.07, 6.45) is 8.84. The van der Waals surface area contributed by atoms with Gasteiger partial charge in [-0.25, -0.2) is 0 Å². The fourth-order valence-corrected chi connectivity index (χ4v) is 3.70. The van der Waals surface area contributed by atoms with E-state index in [1.807, 2.05) is 0 Å². The Morgan fingerprint density at radius 3 is 2.74 bits per heavy atom. The molecule has 0 heterocycles. The van der Waals surface area contributed by atoms with Crippen molar-refractivity contribution in [2.45, 2.75) is 39.5 Å². The van der Waals surface area contributed by atoms with E-state index in [0.29, 0.717) is 5.92 Å². The summed E-state index contributed by atoms with van der Waals surface area (Å²) in [5, 5.41) is 0. The zero-order chi connectivity index (χ0) is 16.2. The SMILES string of the molecule is C/C=C\C=C(/C)c1cccc([C@H]2C[C@H](C)Cc3ccccc32)c1. The van der Waals surface area contributed by atoms with E-state index in [4.69, 9.17) is 0 Å². The van der Waals surface area contributed by atoms with Crippen LogP contribution in [0.2, 0.25) is 0 Å². The molecular formula is C23H26. The van der Waals surface area contributed by atoms with Gasteiger partial charge in [-0.05, 0) is 60.4 Å². The average Bonchev–Trinajstić information content (AvgIpc) is 2.59. The van der Waals surface area contributed by atoms with Gasteiger partial charge in [0.25, 0.3) is 0 Å². The molecule has 0 nitrogen and oxygen atoms in total. The summed E-state index contributed by atoms with van der Waals surface area (Å²) in [4.78, 5) is 0. The van der Waals surface area contributed by atoms with E-state index in [-0.39, 0.29) is 0 Å². The Morgan fingerprint density at radius 2 is 1.91 bits per heavy atom. The molecule has 0 amide bonds. The molecular weight excluding hydrogens is 276 g/mol. The van der Waals surface area contributed by atoms with Crippen LogP contribution in [0.3, 0.4) is 0 Å². The fourth-order valence-electron chi connectivity index (χ4n) is 3.70. The van der Waals surface area contributed by atoms with Crippen molar-refractivity contribution in [3.8, 4) is 0 Å². The Kier molecular flexibility index (Phi) is 4.81. The third-order valence-corrected chi connectivity index (χ3v) is 4.92. The van der Waals surface area contributed by atoms with Gasteiger partial charge in [0, 0.05) is 5.92 Å². The second-order valence-corrected chi connectivity index (χ2v) is 6.80. The van der Waals surface area contributed by atoms with Gasteiger partial charge >= 0.3 is 0 Å². The van der Waals surface area contributed by atoms with Gasteiger partial charge in [0.1, 0.15) is 0 Å². The quantitative estimate of drug-likeness (QED) is 0.577. The van der Waals surface area contributed by atoms with Crippen molar-refractivity contribution in [3.63, 3.8) is 0 Å². The minimum atomic E-state index is 0.532.